The Kier molecular flexibility index (Phi) is 4.38. The largest absolute Gasteiger partial charge is 0.504 e. The minimum absolute atomic E-state index is 0. The molecule has 0 radical (unpaired) electrons. The van der Waals surface area contributed by atoms with Gasteiger partial charge < -0.3 is 19.9 Å². The van der Waals surface area contributed by atoms with E-state index in [9.17, 15) is 14.7 Å². The summed E-state index contributed by atoms with van der Waals surface area (Å²) in [4.78, 5) is 21.6. The molecule has 6 nitrogen and oxygen atoms in total. The molecule has 1 heterocycles. The van der Waals surface area contributed by atoms with Crippen LogP contribution in [0.5, 0.6) is 11.5 Å². The monoisotopic (exact) mass is 273 g/mol. The van der Waals surface area contributed by atoms with Gasteiger partial charge in [0.25, 0.3) is 0 Å². The molecule has 1 aliphatic heterocycles. The number of ether oxygens (including phenoxy) is 2. The normalized spacial score (nSPS) is 17.4. The fraction of sp³-hybridized carbons (Fsp3) is 0.273. The molecule has 7 heteroatoms. The summed E-state index contributed by atoms with van der Waals surface area (Å²) in [5.74, 6) is -0.573. The minimum Gasteiger partial charge on any atom is -0.504 e. The molecule has 1 aromatic rings. The van der Waals surface area contributed by atoms with Gasteiger partial charge in [0.2, 0.25) is 0 Å². The quantitative estimate of drug-likeness (QED) is 0.630. The van der Waals surface area contributed by atoms with Crippen LogP contribution in [0.3, 0.4) is 0 Å². The molecule has 1 amide bonds. The lowest BCUT2D eigenvalue weighted by molar-refractivity contribution is -0.132. The molecule has 1 saturated heterocycles. The Morgan fingerprint density at radius 3 is 2.78 bits per heavy atom. The number of carbonyl (C=O) groups excluding carboxylic acids is 2. The second kappa shape index (κ2) is 5.59. The van der Waals surface area contributed by atoms with Gasteiger partial charge in [-0.25, -0.2) is 4.79 Å². The third kappa shape index (κ3) is 3.04. The fourth-order valence-electron chi connectivity index (χ4n) is 1.56. The molecular formula is C11H12ClNO5. The van der Waals surface area contributed by atoms with E-state index in [0.717, 1.165) is 0 Å². The number of rotatable bonds is 2. The van der Waals surface area contributed by atoms with Crippen molar-refractivity contribution in [3.05, 3.63) is 23.8 Å². The van der Waals surface area contributed by atoms with Crippen molar-refractivity contribution in [2.24, 2.45) is 0 Å². The van der Waals surface area contributed by atoms with Gasteiger partial charge >= 0.3 is 12.1 Å². The van der Waals surface area contributed by atoms with E-state index in [-0.39, 0.29) is 36.6 Å². The summed E-state index contributed by atoms with van der Waals surface area (Å²) in [7, 11) is 0. The standard InChI is InChI=1S/C11H11NO5.ClH/c1-6(13)17-10-3-2-7(4-9(10)14)8-5-16-11(15)12-8;/h2-4,8,14H,5H2,1H3,(H,12,15);1H/t8-;/m1./s1. The van der Waals surface area contributed by atoms with Crippen LogP contribution in [0.25, 0.3) is 0 Å². The molecule has 0 bridgehead atoms. The molecule has 2 rings (SSSR count). The van der Waals surface area contributed by atoms with Crippen LogP contribution in [0, 0.1) is 0 Å². The van der Waals surface area contributed by atoms with Crippen LogP contribution >= 0.6 is 12.4 Å². The van der Waals surface area contributed by atoms with E-state index in [4.69, 9.17) is 9.47 Å². The van der Waals surface area contributed by atoms with Crippen molar-refractivity contribution >= 4 is 24.5 Å². The molecule has 18 heavy (non-hydrogen) atoms. The van der Waals surface area contributed by atoms with Gasteiger partial charge in [0.1, 0.15) is 6.61 Å². The summed E-state index contributed by atoms with van der Waals surface area (Å²) in [6.07, 6.45) is -0.487. The van der Waals surface area contributed by atoms with E-state index in [2.05, 4.69) is 5.32 Å². The molecule has 1 aromatic carbocycles. The zero-order chi connectivity index (χ0) is 12.4. The Bertz CT molecular complexity index is 477. The third-order valence-corrected chi connectivity index (χ3v) is 2.31. The van der Waals surface area contributed by atoms with E-state index in [1.165, 1.54) is 19.1 Å². The Hall–Kier alpha value is -1.95. The maximum Gasteiger partial charge on any atom is 0.407 e. The van der Waals surface area contributed by atoms with Crippen LogP contribution in [-0.4, -0.2) is 23.8 Å². The summed E-state index contributed by atoms with van der Waals surface area (Å²) in [5, 5.41) is 12.2. The summed E-state index contributed by atoms with van der Waals surface area (Å²) < 4.78 is 9.51. The topological polar surface area (TPSA) is 84.9 Å². The van der Waals surface area contributed by atoms with E-state index in [1.54, 1.807) is 6.07 Å². The lowest BCUT2D eigenvalue weighted by atomic mass is 10.1. The van der Waals surface area contributed by atoms with Gasteiger partial charge in [-0.3, -0.25) is 4.79 Å². The van der Waals surface area contributed by atoms with Crippen molar-refractivity contribution in [1.29, 1.82) is 0 Å². The highest BCUT2D eigenvalue weighted by Crippen LogP contribution is 2.30. The molecule has 0 aromatic heterocycles. The summed E-state index contributed by atoms with van der Waals surface area (Å²) in [6.45, 7) is 1.46. The number of carbonyl (C=O) groups is 2. The maximum absolute atomic E-state index is 10.9. The summed E-state index contributed by atoms with van der Waals surface area (Å²) in [6, 6.07) is 4.26. The lowest BCUT2D eigenvalue weighted by Crippen LogP contribution is -2.18. The van der Waals surface area contributed by atoms with Gasteiger partial charge in [-0.1, -0.05) is 6.07 Å². The van der Waals surface area contributed by atoms with Crippen molar-refractivity contribution in [3.63, 3.8) is 0 Å². The van der Waals surface area contributed by atoms with Crippen molar-refractivity contribution in [1.82, 2.24) is 5.32 Å². The molecule has 0 saturated carbocycles. The molecule has 2 N–H and O–H groups in total. The number of benzene rings is 1. The number of amides is 1. The average Bonchev–Trinajstić information content (AvgIpc) is 2.67. The van der Waals surface area contributed by atoms with Crippen LogP contribution in [0.2, 0.25) is 0 Å². The zero-order valence-corrected chi connectivity index (χ0v) is 10.3. The maximum atomic E-state index is 10.9. The molecule has 1 atom stereocenters. The molecule has 0 spiro atoms. The molecule has 1 aliphatic rings. The lowest BCUT2D eigenvalue weighted by Gasteiger charge is -2.10. The molecule has 1 fully saturated rings. The minimum atomic E-state index is -0.509. The second-order valence-corrected chi connectivity index (χ2v) is 3.62. The highest BCUT2D eigenvalue weighted by atomic mass is 35.5. The number of phenolic OH excluding ortho intramolecular Hbond substituents is 1. The van der Waals surface area contributed by atoms with Gasteiger partial charge in [-0.15, -0.1) is 12.4 Å². The number of aromatic hydroxyl groups is 1. The van der Waals surface area contributed by atoms with Gasteiger partial charge in [0, 0.05) is 6.92 Å². The molecular weight excluding hydrogens is 262 g/mol. The van der Waals surface area contributed by atoms with E-state index in [1.807, 2.05) is 0 Å². The zero-order valence-electron chi connectivity index (χ0n) is 9.50. The van der Waals surface area contributed by atoms with Crippen LogP contribution in [-0.2, 0) is 9.53 Å². The van der Waals surface area contributed by atoms with Crippen molar-refractivity contribution in [2.75, 3.05) is 6.61 Å². The Morgan fingerprint density at radius 1 is 1.56 bits per heavy atom. The number of halogens is 1. The van der Waals surface area contributed by atoms with Gasteiger partial charge in [0.15, 0.2) is 11.5 Å². The highest BCUT2D eigenvalue weighted by Gasteiger charge is 2.24. The number of cyclic esters (lactones) is 1. The number of phenols is 1. The first kappa shape index (κ1) is 14.1. The van der Waals surface area contributed by atoms with E-state index >= 15 is 0 Å². The predicted octanol–water partition coefficient (Wildman–Crippen LogP) is 1.52. The Morgan fingerprint density at radius 2 is 2.28 bits per heavy atom. The third-order valence-electron chi connectivity index (χ3n) is 2.31. The summed E-state index contributed by atoms with van der Waals surface area (Å²) in [5.41, 5.74) is 0.684. The van der Waals surface area contributed by atoms with E-state index < -0.39 is 12.1 Å². The van der Waals surface area contributed by atoms with Crippen LogP contribution in [0.15, 0.2) is 18.2 Å². The number of alkyl carbamates (subject to hydrolysis) is 1. The smallest absolute Gasteiger partial charge is 0.407 e. The van der Waals surface area contributed by atoms with Crippen molar-refractivity contribution in [3.8, 4) is 11.5 Å². The van der Waals surface area contributed by atoms with Gasteiger partial charge in [-0.2, -0.15) is 0 Å². The van der Waals surface area contributed by atoms with Crippen LogP contribution < -0.4 is 10.1 Å². The molecule has 98 valence electrons. The van der Waals surface area contributed by atoms with Crippen molar-refractivity contribution < 1.29 is 24.2 Å². The summed E-state index contributed by atoms with van der Waals surface area (Å²) >= 11 is 0. The number of esters is 1. The molecule has 0 unspecified atom stereocenters. The van der Waals surface area contributed by atoms with Crippen molar-refractivity contribution in [2.45, 2.75) is 13.0 Å². The number of hydrogen-bond donors (Lipinski definition) is 2. The predicted molar refractivity (Wildman–Crippen MR) is 63.9 cm³/mol. The first-order valence-corrected chi connectivity index (χ1v) is 5.01. The van der Waals surface area contributed by atoms with Crippen LogP contribution in [0.4, 0.5) is 4.79 Å². The fourth-order valence-corrected chi connectivity index (χ4v) is 1.56. The van der Waals surface area contributed by atoms with E-state index in [0.29, 0.717) is 5.56 Å². The van der Waals surface area contributed by atoms with Crippen LogP contribution in [0.1, 0.15) is 18.5 Å². The highest BCUT2D eigenvalue weighted by molar-refractivity contribution is 5.85. The van der Waals surface area contributed by atoms with Gasteiger partial charge in [-0.05, 0) is 17.7 Å². The first-order valence-electron chi connectivity index (χ1n) is 5.01. The Balaban J connectivity index is 0.00000162. The number of nitrogens with one attached hydrogen (secondary N) is 1. The molecule has 0 aliphatic carbocycles. The average molecular weight is 274 g/mol. The first-order chi connectivity index (χ1) is 8.06. The van der Waals surface area contributed by atoms with Gasteiger partial charge in [0.05, 0.1) is 6.04 Å². The SMILES string of the molecule is CC(=O)Oc1ccc([C@H]2COC(=O)N2)cc1O.Cl. The Labute approximate surface area is 109 Å². The number of hydrogen-bond acceptors (Lipinski definition) is 5. The second-order valence-electron chi connectivity index (χ2n) is 3.62.